The lowest BCUT2D eigenvalue weighted by molar-refractivity contribution is 0.336. The highest BCUT2D eigenvalue weighted by Crippen LogP contribution is 2.49. The molecule has 0 aromatic heterocycles. The molecule has 0 bridgehead atoms. The van der Waals surface area contributed by atoms with Crippen molar-refractivity contribution in [3.05, 3.63) is 59.7 Å². The zero-order valence-corrected chi connectivity index (χ0v) is 12.5. The van der Waals surface area contributed by atoms with Crippen molar-refractivity contribution in [2.24, 2.45) is 0 Å². The molecule has 0 atom stereocenters. The number of hydrogen-bond donors (Lipinski definition) is 4. The molecule has 1 saturated carbocycles. The summed E-state index contributed by atoms with van der Waals surface area (Å²) < 4.78 is 0. The van der Waals surface area contributed by atoms with Crippen LogP contribution in [-0.4, -0.2) is 10.4 Å². The molecule has 1 aliphatic rings. The third kappa shape index (κ3) is 2.45. The molecule has 1 aliphatic carbocycles. The summed E-state index contributed by atoms with van der Waals surface area (Å²) in [4.78, 5) is 0. The van der Waals surface area contributed by atoms with Crippen LogP contribution in [0.1, 0.15) is 43.2 Å². The Hall–Kier alpha value is -2.04. The molecule has 0 amide bonds. The van der Waals surface area contributed by atoms with E-state index in [4.69, 9.17) is 0 Å². The third-order valence-electron chi connectivity index (χ3n) is 4.83. The van der Waals surface area contributed by atoms with Gasteiger partial charge in [0, 0.05) is 5.41 Å². The molecule has 0 unspecified atom stereocenters. The van der Waals surface area contributed by atoms with Gasteiger partial charge in [0.05, 0.1) is 11.4 Å². The van der Waals surface area contributed by atoms with Crippen LogP contribution in [0.15, 0.2) is 48.5 Å². The number of rotatable bonds is 4. The molecule has 4 N–H and O–H groups in total. The molecule has 2 aromatic rings. The van der Waals surface area contributed by atoms with Crippen molar-refractivity contribution in [3.8, 4) is 0 Å². The van der Waals surface area contributed by atoms with Crippen LogP contribution >= 0.6 is 0 Å². The predicted octanol–water partition coefficient (Wildman–Crippen LogP) is 4.54. The lowest BCUT2D eigenvalue weighted by Crippen LogP contribution is -2.32. The van der Waals surface area contributed by atoms with Gasteiger partial charge in [-0.1, -0.05) is 55.7 Å². The summed E-state index contributed by atoms with van der Waals surface area (Å²) in [6.07, 6.45) is 5.51. The maximum absolute atomic E-state index is 9.52. The van der Waals surface area contributed by atoms with E-state index < -0.39 is 0 Å². The van der Waals surface area contributed by atoms with Crippen molar-refractivity contribution in [2.45, 2.75) is 37.5 Å². The zero-order valence-electron chi connectivity index (χ0n) is 12.5. The highest BCUT2D eigenvalue weighted by molar-refractivity contribution is 5.63. The van der Waals surface area contributed by atoms with E-state index in [0.717, 1.165) is 48.2 Å². The molecule has 0 heterocycles. The highest BCUT2D eigenvalue weighted by Gasteiger charge is 2.38. The largest absolute Gasteiger partial charge is 0.291 e. The average Bonchev–Trinajstić information content (AvgIpc) is 2.62. The van der Waals surface area contributed by atoms with Gasteiger partial charge >= 0.3 is 0 Å². The van der Waals surface area contributed by atoms with Gasteiger partial charge in [-0.05, 0) is 36.1 Å². The van der Waals surface area contributed by atoms with Gasteiger partial charge in [-0.3, -0.25) is 21.4 Å². The van der Waals surface area contributed by atoms with E-state index in [2.05, 4.69) is 23.1 Å². The molecule has 4 nitrogen and oxygen atoms in total. The first-order valence-electron chi connectivity index (χ1n) is 7.81. The normalized spacial score (nSPS) is 17.0. The van der Waals surface area contributed by atoms with Gasteiger partial charge in [-0.25, -0.2) is 0 Å². The first kappa shape index (κ1) is 14.9. The molecule has 116 valence electrons. The van der Waals surface area contributed by atoms with Gasteiger partial charge in [0.2, 0.25) is 0 Å². The highest BCUT2D eigenvalue weighted by atomic mass is 16.5. The van der Waals surface area contributed by atoms with E-state index in [1.165, 1.54) is 6.42 Å². The average molecular weight is 298 g/mol. The molecule has 0 aliphatic heterocycles. The van der Waals surface area contributed by atoms with Crippen LogP contribution in [-0.2, 0) is 5.41 Å². The monoisotopic (exact) mass is 298 g/mol. The third-order valence-corrected chi connectivity index (χ3v) is 4.83. The molecule has 0 saturated heterocycles. The van der Waals surface area contributed by atoms with Crippen LogP contribution in [0.4, 0.5) is 11.4 Å². The number of hydrogen-bond acceptors (Lipinski definition) is 4. The zero-order chi connectivity index (χ0) is 15.4. The topological polar surface area (TPSA) is 64.5 Å². The predicted molar refractivity (Wildman–Crippen MR) is 87.6 cm³/mol. The Morgan fingerprint density at radius 3 is 1.59 bits per heavy atom. The fourth-order valence-corrected chi connectivity index (χ4v) is 3.83. The summed E-state index contributed by atoms with van der Waals surface area (Å²) in [6.45, 7) is 0. The SMILES string of the molecule is ONc1ccccc1C1(c2ccccc2NO)CCCCC1. The van der Waals surface area contributed by atoms with Gasteiger partial charge in [0.25, 0.3) is 0 Å². The molecule has 22 heavy (non-hydrogen) atoms. The van der Waals surface area contributed by atoms with Crippen molar-refractivity contribution >= 4 is 11.4 Å². The van der Waals surface area contributed by atoms with Crippen molar-refractivity contribution < 1.29 is 10.4 Å². The fourth-order valence-electron chi connectivity index (χ4n) is 3.83. The number of para-hydroxylation sites is 2. The Morgan fingerprint density at radius 1 is 0.682 bits per heavy atom. The standard InChI is InChI=1S/C18H22N2O2/c21-19-16-10-4-2-8-14(16)18(12-6-1-7-13-18)15-9-3-5-11-17(15)20-22/h2-5,8-11,19-22H,1,6-7,12-13H2. The van der Waals surface area contributed by atoms with Gasteiger partial charge in [-0.15, -0.1) is 0 Å². The van der Waals surface area contributed by atoms with Crippen molar-refractivity contribution in [1.82, 2.24) is 0 Å². The molecular formula is C18H22N2O2. The minimum Gasteiger partial charge on any atom is -0.291 e. The van der Waals surface area contributed by atoms with E-state index in [9.17, 15) is 10.4 Å². The second-order valence-electron chi connectivity index (χ2n) is 5.96. The lowest BCUT2D eigenvalue weighted by atomic mass is 9.64. The first-order chi connectivity index (χ1) is 10.8. The Balaban J connectivity index is 2.21. The van der Waals surface area contributed by atoms with Crippen molar-refractivity contribution in [2.75, 3.05) is 11.0 Å². The smallest absolute Gasteiger partial charge is 0.0643 e. The minimum absolute atomic E-state index is 0.198. The number of benzene rings is 2. The molecule has 1 fully saturated rings. The van der Waals surface area contributed by atoms with Crippen LogP contribution in [0.25, 0.3) is 0 Å². The molecule has 2 aromatic carbocycles. The lowest BCUT2D eigenvalue weighted by Gasteiger charge is -2.40. The second kappa shape index (κ2) is 6.38. The summed E-state index contributed by atoms with van der Waals surface area (Å²) in [5.41, 5.74) is 8.12. The maximum Gasteiger partial charge on any atom is 0.0643 e. The quantitative estimate of drug-likeness (QED) is 0.626. The van der Waals surface area contributed by atoms with Crippen LogP contribution < -0.4 is 11.0 Å². The summed E-state index contributed by atoms with van der Waals surface area (Å²) >= 11 is 0. The van der Waals surface area contributed by atoms with E-state index in [1.54, 1.807) is 0 Å². The summed E-state index contributed by atoms with van der Waals surface area (Å²) in [6, 6.07) is 15.7. The Bertz CT molecular complexity index is 587. The van der Waals surface area contributed by atoms with Crippen molar-refractivity contribution in [3.63, 3.8) is 0 Å². The number of anilines is 2. The first-order valence-corrected chi connectivity index (χ1v) is 7.81. The van der Waals surface area contributed by atoms with E-state index >= 15 is 0 Å². The van der Waals surface area contributed by atoms with Crippen LogP contribution in [0.2, 0.25) is 0 Å². The molecule has 0 radical (unpaired) electrons. The summed E-state index contributed by atoms with van der Waals surface area (Å²) in [5, 5.41) is 19.0. The molecular weight excluding hydrogens is 276 g/mol. The van der Waals surface area contributed by atoms with Gasteiger partial charge in [-0.2, -0.15) is 0 Å². The Kier molecular flexibility index (Phi) is 4.32. The maximum atomic E-state index is 9.52. The van der Waals surface area contributed by atoms with E-state index in [-0.39, 0.29) is 5.41 Å². The van der Waals surface area contributed by atoms with Gasteiger partial charge in [0.15, 0.2) is 0 Å². The second-order valence-corrected chi connectivity index (χ2v) is 5.96. The van der Waals surface area contributed by atoms with Crippen LogP contribution in [0.5, 0.6) is 0 Å². The summed E-state index contributed by atoms with van der Waals surface area (Å²) in [5.74, 6) is 0. The Morgan fingerprint density at radius 2 is 1.14 bits per heavy atom. The molecule has 0 spiro atoms. The molecule has 4 heteroatoms. The van der Waals surface area contributed by atoms with E-state index in [0.29, 0.717) is 0 Å². The van der Waals surface area contributed by atoms with Gasteiger partial charge in [0.1, 0.15) is 0 Å². The number of nitrogens with one attached hydrogen (secondary N) is 2. The summed E-state index contributed by atoms with van der Waals surface area (Å²) in [7, 11) is 0. The van der Waals surface area contributed by atoms with Crippen LogP contribution in [0, 0.1) is 0 Å². The van der Waals surface area contributed by atoms with Crippen molar-refractivity contribution in [1.29, 1.82) is 0 Å². The minimum atomic E-state index is -0.198. The fraction of sp³-hybridized carbons (Fsp3) is 0.333. The van der Waals surface area contributed by atoms with E-state index in [1.807, 2.05) is 36.4 Å². The van der Waals surface area contributed by atoms with Gasteiger partial charge < -0.3 is 0 Å². The molecule has 3 rings (SSSR count). The Labute approximate surface area is 130 Å². The van der Waals surface area contributed by atoms with Crippen LogP contribution in [0.3, 0.4) is 0 Å².